The Balaban J connectivity index is 2.82. The van der Waals surface area contributed by atoms with Crippen molar-refractivity contribution in [3.05, 3.63) is 36.4 Å². The molecule has 0 atom stereocenters. The summed E-state index contributed by atoms with van der Waals surface area (Å²) in [6.07, 6.45) is 7.55. The van der Waals surface area contributed by atoms with Crippen LogP contribution in [0.25, 0.3) is 0 Å². The number of carbonyl (C=O) groups is 1. The van der Waals surface area contributed by atoms with Gasteiger partial charge in [0.05, 0.1) is 24.7 Å². The van der Waals surface area contributed by atoms with E-state index in [2.05, 4.69) is 16.2 Å². The molecule has 132 valence electrons. The molecule has 0 aliphatic carbocycles. The third-order valence-corrected chi connectivity index (χ3v) is 4.72. The van der Waals surface area contributed by atoms with Crippen LogP contribution in [-0.4, -0.2) is 51.2 Å². The van der Waals surface area contributed by atoms with Crippen molar-refractivity contribution in [1.29, 1.82) is 5.41 Å². The van der Waals surface area contributed by atoms with Gasteiger partial charge in [-0.1, -0.05) is 11.6 Å². The highest BCUT2D eigenvalue weighted by Gasteiger charge is 2.21. The van der Waals surface area contributed by atoms with Crippen molar-refractivity contribution in [3.8, 4) is 0 Å². The summed E-state index contributed by atoms with van der Waals surface area (Å²) in [6, 6.07) is 3.73. The second-order valence-corrected chi connectivity index (χ2v) is 6.30. The Morgan fingerprint density at radius 3 is 2.71 bits per heavy atom. The predicted octanol–water partition coefficient (Wildman–Crippen LogP) is 1.25. The van der Waals surface area contributed by atoms with Crippen molar-refractivity contribution in [3.63, 3.8) is 0 Å². The van der Waals surface area contributed by atoms with Crippen LogP contribution >= 0.6 is 11.6 Å². The molecule has 0 spiro atoms. The Labute approximate surface area is 152 Å². The SMILES string of the molecule is CCN(CCC(=O)N(CC)/C(=C/[NH2+]c1cccnc1)C(=N)Cl)[SH+]C. The van der Waals surface area contributed by atoms with E-state index in [1.165, 1.54) is 0 Å². The molecule has 0 unspecified atom stereocenters. The maximum Gasteiger partial charge on any atom is 0.228 e. The van der Waals surface area contributed by atoms with Gasteiger partial charge in [-0.2, -0.15) is 0 Å². The van der Waals surface area contributed by atoms with Crippen LogP contribution in [0.2, 0.25) is 0 Å². The molecule has 0 saturated carbocycles. The zero-order chi connectivity index (χ0) is 17.9. The lowest BCUT2D eigenvalue weighted by atomic mass is 10.3. The number of quaternary nitrogens is 1. The molecule has 6 nitrogen and oxygen atoms in total. The van der Waals surface area contributed by atoms with E-state index in [-0.39, 0.29) is 11.1 Å². The molecule has 0 aliphatic rings. The van der Waals surface area contributed by atoms with Crippen LogP contribution in [0.5, 0.6) is 0 Å². The van der Waals surface area contributed by atoms with Gasteiger partial charge < -0.3 is 4.90 Å². The van der Waals surface area contributed by atoms with Gasteiger partial charge in [0, 0.05) is 31.8 Å². The third-order valence-electron chi connectivity index (χ3n) is 3.48. The first-order valence-electron chi connectivity index (χ1n) is 7.88. The lowest BCUT2D eigenvalue weighted by molar-refractivity contribution is -0.497. The van der Waals surface area contributed by atoms with E-state index in [1.54, 1.807) is 28.8 Å². The van der Waals surface area contributed by atoms with Crippen LogP contribution < -0.4 is 5.32 Å². The number of thiol groups is 1. The molecule has 0 saturated heterocycles. The quantitative estimate of drug-likeness (QED) is 0.369. The standard InChI is InChI=1S/C16H24ClN5OS/c1-4-21(24-3)10-8-15(23)22(5-2)14(16(17)18)12-20-13-7-6-9-19-11-13/h6-7,9,11-12,18,20H,4-5,8,10H2,1-3H3/p+2/b14-12+,18-16?. The Morgan fingerprint density at radius 2 is 2.21 bits per heavy atom. The van der Waals surface area contributed by atoms with Gasteiger partial charge in [-0.05, 0) is 19.9 Å². The highest BCUT2D eigenvalue weighted by atomic mass is 35.5. The highest BCUT2D eigenvalue weighted by Crippen LogP contribution is 2.10. The van der Waals surface area contributed by atoms with Gasteiger partial charge >= 0.3 is 0 Å². The van der Waals surface area contributed by atoms with Crippen molar-refractivity contribution < 1.29 is 10.1 Å². The molecular formula is C16H26ClN5OS+2. The Morgan fingerprint density at radius 1 is 1.46 bits per heavy atom. The van der Waals surface area contributed by atoms with Crippen LogP contribution in [0.15, 0.2) is 36.4 Å². The van der Waals surface area contributed by atoms with E-state index < -0.39 is 0 Å². The van der Waals surface area contributed by atoms with Crippen LogP contribution in [-0.2, 0) is 16.7 Å². The van der Waals surface area contributed by atoms with E-state index in [4.69, 9.17) is 17.0 Å². The fraction of sp³-hybridized carbons (Fsp3) is 0.438. The van der Waals surface area contributed by atoms with E-state index in [1.807, 2.05) is 25.3 Å². The van der Waals surface area contributed by atoms with Crippen molar-refractivity contribution >= 4 is 40.3 Å². The maximum absolute atomic E-state index is 12.5. The van der Waals surface area contributed by atoms with Gasteiger partial charge in [0.1, 0.15) is 23.3 Å². The summed E-state index contributed by atoms with van der Waals surface area (Å²) in [4.78, 5) is 18.1. The number of nitrogens with one attached hydrogen (secondary N) is 1. The molecule has 1 heterocycles. The second kappa shape index (κ2) is 11.2. The average Bonchev–Trinajstić information content (AvgIpc) is 2.59. The van der Waals surface area contributed by atoms with E-state index in [0.29, 0.717) is 25.2 Å². The molecule has 0 radical (unpaired) electrons. The number of nitrogens with zero attached hydrogens (tertiary/aromatic N) is 3. The minimum absolute atomic E-state index is 0.0316. The first kappa shape index (κ1) is 20.6. The summed E-state index contributed by atoms with van der Waals surface area (Å²) >= 11 is 7.07. The minimum Gasteiger partial charge on any atom is -0.305 e. The number of pyridine rings is 1. The Hall–Kier alpha value is -1.41. The lowest BCUT2D eigenvalue weighted by Gasteiger charge is -2.22. The predicted molar refractivity (Wildman–Crippen MR) is 101 cm³/mol. The maximum atomic E-state index is 12.5. The monoisotopic (exact) mass is 371 g/mol. The van der Waals surface area contributed by atoms with Crippen molar-refractivity contribution in [2.24, 2.45) is 0 Å². The number of nitrogens with two attached hydrogens (primary N) is 1. The zero-order valence-electron chi connectivity index (χ0n) is 14.4. The average molecular weight is 372 g/mol. The molecule has 1 aromatic heterocycles. The molecule has 0 fully saturated rings. The van der Waals surface area contributed by atoms with E-state index in [9.17, 15) is 4.79 Å². The molecule has 1 amide bonds. The minimum atomic E-state index is -0.147. The molecule has 0 aromatic carbocycles. The molecule has 1 rings (SSSR count). The van der Waals surface area contributed by atoms with E-state index in [0.717, 1.165) is 24.2 Å². The number of carbonyl (C=O) groups excluding carboxylic acids is 1. The van der Waals surface area contributed by atoms with Gasteiger partial charge in [-0.25, -0.2) is 0 Å². The first-order valence-corrected chi connectivity index (χ1v) is 9.55. The fourth-order valence-electron chi connectivity index (χ4n) is 2.17. The van der Waals surface area contributed by atoms with Crippen molar-refractivity contribution in [2.75, 3.05) is 25.9 Å². The number of allylic oxidation sites excluding steroid dienone is 1. The zero-order valence-corrected chi connectivity index (χ0v) is 16.0. The molecule has 3 N–H and O–H groups in total. The number of hydrogen-bond acceptors (Lipinski definition) is 4. The Bertz CT molecular complexity index is 563. The summed E-state index contributed by atoms with van der Waals surface area (Å²) in [5, 5.41) is 9.45. The molecule has 0 bridgehead atoms. The summed E-state index contributed by atoms with van der Waals surface area (Å²) in [7, 11) is 0. The topological polar surface area (TPSA) is 76.9 Å². The molecule has 1 aromatic rings. The van der Waals surface area contributed by atoms with Crippen LogP contribution in [0, 0.1) is 5.41 Å². The van der Waals surface area contributed by atoms with Gasteiger partial charge in [-0.15, -0.1) is 4.31 Å². The smallest absolute Gasteiger partial charge is 0.228 e. The van der Waals surface area contributed by atoms with Gasteiger partial charge in [0.25, 0.3) is 0 Å². The number of halogens is 1. The van der Waals surface area contributed by atoms with Crippen LogP contribution in [0.1, 0.15) is 20.3 Å². The first-order chi connectivity index (χ1) is 11.5. The number of amides is 1. The Kier molecular flexibility index (Phi) is 9.63. The summed E-state index contributed by atoms with van der Waals surface area (Å²) in [6.45, 7) is 6.02. The second-order valence-electron chi connectivity index (χ2n) is 4.95. The van der Waals surface area contributed by atoms with Crippen molar-refractivity contribution in [1.82, 2.24) is 14.2 Å². The number of hydrogen-bond donors (Lipinski definition) is 2. The highest BCUT2D eigenvalue weighted by molar-refractivity contribution is 7.75. The fourth-order valence-corrected chi connectivity index (χ4v) is 2.92. The molecule has 0 aliphatic heterocycles. The summed E-state index contributed by atoms with van der Waals surface area (Å²) < 4.78 is 2.17. The molecule has 24 heavy (non-hydrogen) atoms. The third kappa shape index (κ3) is 6.60. The number of aromatic nitrogens is 1. The molecule has 8 heteroatoms. The van der Waals surface area contributed by atoms with Crippen molar-refractivity contribution in [2.45, 2.75) is 20.3 Å². The van der Waals surface area contributed by atoms with Crippen LogP contribution in [0.4, 0.5) is 5.69 Å². The summed E-state index contributed by atoms with van der Waals surface area (Å²) in [5.41, 5.74) is 1.29. The molecular weight excluding hydrogens is 346 g/mol. The number of rotatable bonds is 10. The van der Waals surface area contributed by atoms with Crippen LogP contribution in [0.3, 0.4) is 0 Å². The summed E-state index contributed by atoms with van der Waals surface area (Å²) in [5.74, 6) is -0.0316. The van der Waals surface area contributed by atoms with Gasteiger partial charge in [-0.3, -0.25) is 20.5 Å². The van der Waals surface area contributed by atoms with E-state index >= 15 is 0 Å². The lowest BCUT2D eigenvalue weighted by Crippen LogP contribution is -2.72. The largest absolute Gasteiger partial charge is 0.305 e. The van der Waals surface area contributed by atoms with Gasteiger partial charge in [0.15, 0.2) is 5.69 Å². The van der Waals surface area contributed by atoms with Gasteiger partial charge in [0.2, 0.25) is 5.91 Å². The normalized spacial score (nSPS) is 11.6.